The molecule has 0 atom stereocenters. The molecule has 1 N–H and O–H groups in total. The zero-order valence-electron chi connectivity index (χ0n) is 16.4. The molecule has 5 aromatic rings. The van der Waals surface area contributed by atoms with E-state index in [4.69, 9.17) is 4.98 Å². The summed E-state index contributed by atoms with van der Waals surface area (Å²) in [5, 5.41) is 6.48. The van der Waals surface area contributed by atoms with Crippen molar-refractivity contribution < 1.29 is 0 Å². The molecule has 0 saturated heterocycles. The van der Waals surface area contributed by atoms with E-state index in [1.807, 2.05) is 54.6 Å². The quantitative estimate of drug-likeness (QED) is 0.321. The summed E-state index contributed by atoms with van der Waals surface area (Å²) >= 11 is 0. The second-order valence-electron chi connectivity index (χ2n) is 7.07. The number of hydrogen-bond acceptors (Lipinski definition) is 5. The Kier molecular flexibility index (Phi) is 4.62. The van der Waals surface area contributed by atoms with Crippen molar-refractivity contribution in [3.05, 3.63) is 96.2 Å². The molecular weight excluding hydrogens is 370 g/mol. The molecule has 2 heterocycles. The molecule has 0 aliphatic carbocycles. The van der Waals surface area contributed by atoms with Crippen LogP contribution in [0.25, 0.3) is 33.1 Å². The Hall–Kier alpha value is -4.12. The molecule has 0 radical (unpaired) electrons. The SMILES string of the molecule is Cc1ccc2nc(N/N=C/c3cccc4cccnc34)nc(-c3ccccc3)c2c1. The summed E-state index contributed by atoms with van der Waals surface area (Å²) < 4.78 is 0. The Bertz CT molecular complexity index is 1370. The number of nitrogens with one attached hydrogen (secondary N) is 1. The molecule has 5 rings (SSSR count). The third kappa shape index (κ3) is 3.49. The van der Waals surface area contributed by atoms with Crippen LogP contribution in [-0.2, 0) is 0 Å². The number of aryl methyl sites for hydroxylation is 1. The molecule has 0 saturated carbocycles. The average Bonchev–Trinajstić information content (AvgIpc) is 2.79. The maximum Gasteiger partial charge on any atom is 0.244 e. The Morgan fingerprint density at radius 2 is 1.73 bits per heavy atom. The summed E-state index contributed by atoms with van der Waals surface area (Å²) in [6.07, 6.45) is 3.54. The third-order valence-electron chi connectivity index (χ3n) is 4.93. The van der Waals surface area contributed by atoms with E-state index in [1.165, 1.54) is 5.56 Å². The molecule has 144 valence electrons. The average molecular weight is 389 g/mol. The first-order valence-corrected chi connectivity index (χ1v) is 9.74. The van der Waals surface area contributed by atoms with Gasteiger partial charge in [-0.1, -0.05) is 66.2 Å². The number of pyridine rings is 1. The number of para-hydroxylation sites is 1. The highest BCUT2D eigenvalue weighted by molar-refractivity contribution is 5.97. The molecule has 5 heteroatoms. The first kappa shape index (κ1) is 17.9. The van der Waals surface area contributed by atoms with Crippen LogP contribution in [0.15, 0.2) is 90.2 Å². The van der Waals surface area contributed by atoms with E-state index in [0.29, 0.717) is 5.95 Å². The van der Waals surface area contributed by atoms with Crippen LogP contribution in [0.5, 0.6) is 0 Å². The summed E-state index contributed by atoms with van der Waals surface area (Å²) in [4.78, 5) is 13.9. The molecule has 3 aromatic carbocycles. The van der Waals surface area contributed by atoms with Crippen molar-refractivity contribution in [1.82, 2.24) is 15.0 Å². The number of fused-ring (bicyclic) bond motifs is 2. The predicted octanol–water partition coefficient (Wildman–Crippen LogP) is 5.60. The lowest BCUT2D eigenvalue weighted by Gasteiger charge is -2.09. The van der Waals surface area contributed by atoms with Gasteiger partial charge in [-0.15, -0.1) is 0 Å². The summed E-state index contributed by atoms with van der Waals surface area (Å²) in [6, 6.07) is 26.3. The van der Waals surface area contributed by atoms with Crippen LogP contribution in [0.4, 0.5) is 5.95 Å². The Morgan fingerprint density at radius 1 is 0.867 bits per heavy atom. The van der Waals surface area contributed by atoms with Crippen molar-refractivity contribution in [2.75, 3.05) is 5.43 Å². The third-order valence-corrected chi connectivity index (χ3v) is 4.93. The van der Waals surface area contributed by atoms with E-state index in [2.05, 4.69) is 51.7 Å². The van der Waals surface area contributed by atoms with Crippen LogP contribution >= 0.6 is 0 Å². The normalized spacial score (nSPS) is 11.4. The summed E-state index contributed by atoms with van der Waals surface area (Å²) in [6.45, 7) is 2.07. The van der Waals surface area contributed by atoms with Gasteiger partial charge in [0.25, 0.3) is 0 Å². The number of hydrazone groups is 1. The van der Waals surface area contributed by atoms with Crippen LogP contribution in [0.2, 0.25) is 0 Å². The lowest BCUT2D eigenvalue weighted by atomic mass is 10.0. The lowest BCUT2D eigenvalue weighted by Crippen LogP contribution is -2.00. The largest absolute Gasteiger partial charge is 0.256 e. The molecule has 0 fully saturated rings. The van der Waals surface area contributed by atoms with Gasteiger partial charge in [0.15, 0.2) is 0 Å². The van der Waals surface area contributed by atoms with Crippen molar-refractivity contribution in [2.24, 2.45) is 5.10 Å². The summed E-state index contributed by atoms with van der Waals surface area (Å²) in [5.74, 6) is 0.453. The van der Waals surface area contributed by atoms with Gasteiger partial charge >= 0.3 is 0 Å². The van der Waals surface area contributed by atoms with Gasteiger partial charge in [0.2, 0.25) is 5.95 Å². The fraction of sp³-hybridized carbons (Fsp3) is 0.0400. The molecule has 0 unspecified atom stereocenters. The van der Waals surface area contributed by atoms with Gasteiger partial charge in [0.05, 0.1) is 22.9 Å². The maximum atomic E-state index is 4.75. The molecule has 2 aromatic heterocycles. The second-order valence-corrected chi connectivity index (χ2v) is 7.07. The molecule has 0 spiro atoms. The molecular formula is C25H19N5. The molecule has 0 aliphatic heterocycles. The van der Waals surface area contributed by atoms with E-state index >= 15 is 0 Å². The number of anilines is 1. The first-order valence-electron chi connectivity index (χ1n) is 9.74. The number of rotatable bonds is 4. The smallest absolute Gasteiger partial charge is 0.244 e. The van der Waals surface area contributed by atoms with Crippen molar-refractivity contribution in [1.29, 1.82) is 0 Å². The minimum absolute atomic E-state index is 0.453. The minimum atomic E-state index is 0.453. The van der Waals surface area contributed by atoms with E-state index in [-0.39, 0.29) is 0 Å². The van der Waals surface area contributed by atoms with Gasteiger partial charge in [0.1, 0.15) is 0 Å². The second kappa shape index (κ2) is 7.72. The molecule has 0 bridgehead atoms. The van der Waals surface area contributed by atoms with Gasteiger partial charge in [-0.2, -0.15) is 5.10 Å². The van der Waals surface area contributed by atoms with Crippen LogP contribution < -0.4 is 5.43 Å². The number of nitrogens with zero attached hydrogens (tertiary/aromatic N) is 4. The maximum absolute atomic E-state index is 4.75. The summed E-state index contributed by atoms with van der Waals surface area (Å²) in [5.41, 5.74) is 8.80. The number of aromatic nitrogens is 3. The van der Waals surface area contributed by atoms with Crippen molar-refractivity contribution >= 4 is 34.0 Å². The van der Waals surface area contributed by atoms with Crippen LogP contribution in [-0.4, -0.2) is 21.2 Å². The zero-order chi connectivity index (χ0) is 20.3. The fourth-order valence-corrected chi connectivity index (χ4v) is 3.50. The summed E-state index contributed by atoms with van der Waals surface area (Å²) in [7, 11) is 0. The van der Waals surface area contributed by atoms with Crippen molar-refractivity contribution in [3.8, 4) is 11.3 Å². The van der Waals surface area contributed by atoms with Gasteiger partial charge in [-0.25, -0.2) is 15.4 Å². The van der Waals surface area contributed by atoms with Crippen LogP contribution in [0, 0.1) is 6.92 Å². The minimum Gasteiger partial charge on any atom is -0.256 e. The van der Waals surface area contributed by atoms with Gasteiger partial charge in [-0.05, 0) is 25.1 Å². The molecule has 0 aliphatic rings. The number of hydrogen-bond donors (Lipinski definition) is 1. The highest BCUT2D eigenvalue weighted by Gasteiger charge is 2.10. The van der Waals surface area contributed by atoms with Crippen LogP contribution in [0.1, 0.15) is 11.1 Å². The molecule has 5 nitrogen and oxygen atoms in total. The van der Waals surface area contributed by atoms with E-state index in [1.54, 1.807) is 12.4 Å². The standard InChI is InChI=1S/C25H19N5/c1-17-12-13-22-21(15-17)24(19-7-3-2-4-8-19)29-25(28-22)30-27-16-20-10-5-9-18-11-6-14-26-23(18)20/h2-16H,1H3,(H,28,29,30)/b27-16+. The zero-order valence-corrected chi connectivity index (χ0v) is 16.4. The Balaban J connectivity index is 1.53. The van der Waals surface area contributed by atoms with Gasteiger partial charge in [0, 0.05) is 28.1 Å². The molecule has 0 amide bonds. The Morgan fingerprint density at radius 3 is 2.63 bits per heavy atom. The fourth-order valence-electron chi connectivity index (χ4n) is 3.50. The van der Waals surface area contributed by atoms with Gasteiger partial charge < -0.3 is 0 Å². The van der Waals surface area contributed by atoms with E-state index < -0.39 is 0 Å². The topological polar surface area (TPSA) is 63.1 Å². The van der Waals surface area contributed by atoms with E-state index in [9.17, 15) is 0 Å². The number of benzene rings is 3. The van der Waals surface area contributed by atoms with E-state index in [0.717, 1.165) is 38.6 Å². The van der Waals surface area contributed by atoms with Crippen molar-refractivity contribution in [2.45, 2.75) is 6.92 Å². The Labute approximate surface area is 174 Å². The van der Waals surface area contributed by atoms with Crippen LogP contribution in [0.3, 0.4) is 0 Å². The highest BCUT2D eigenvalue weighted by Crippen LogP contribution is 2.28. The van der Waals surface area contributed by atoms with Crippen molar-refractivity contribution in [3.63, 3.8) is 0 Å². The first-order chi connectivity index (χ1) is 14.8. The lowest BCUT2D eigenvalue weighted by molar-refractivity contribution is 1.15. The van der Waals surface area contributed by atoms with Gasteiger partial charge in [-0.3, -0.25) is 4.98 Å². The predicted molar refractivity (Wildman–Crippen MR) is 123 cm³/mol. The monoisotopic (exact) mass is 389 g/mol. The highest BCUT2D eigenvalue weighted by atomic mass is 15.3. The molecule has 30 heavy (non-hydrogen) atoms.